The van der Waals surface area contributed by atoms with Crippen LogP contribution in [0.15, 0.2) is 30.3 Å². The van der Waals surface area contributed by atoms with Gasteiger partial charge >= 0.3 is 12.1 Å². The number of hydrogen-bond acceptors (Lipinski definition) is 3. The monoisotopic (exact) mass is 248 g/mol. The van der Waals surface area contributed by atoms with Crippen molar-refractivity contribution in [2.45, 2.75) is 6.92 Å². The van der Waals surface area contributed by atoms with Gasteiger partial charge in [0, 0.05) is 6.54 Å². The van der Waals surface area contributed by atoms with Crippen LogP contribution < -0.4 is 15.5 Å². The first-order valence-corrected chi connectivity index (χ1v) is 5.46. The molecule has 1 aromatic carbocycles. The van der Waals surface area contributed by atoms with E-state index in [9.17, 15) is 14.4 Å². The topological polar surface area (TPSA) is 78.5 Å². The maximum Gasteiger partial charge on any atom is 0.330 e. The van der Waals surface area contributed by atoms with Crippen molar-refractivity contribution in [2.24, 2.45) is 0 Å². The summed E-state index contributed by atoms with van der Waals surface area (Å²) in [6, 6.07) is 7.22. The molecule has 6 heteroatoms. The molecule has 1 rings (SSSR count). The second-order valence-corrected chi connectivity index (χ2v) is 3.31. The Balaban J connectivity index is 2.91. The lowest BCUT2D eigenvalue weighted by molar-refractivity contribution is 0.235. The minimum absolute atomic E-state index is 0.262. The predicted molar refractivity (Wildman–Crippen MR) is 67.1 cm³/mol. The first-order valence-electron chi connectivity index (χ1n) is 5.46. The van der Waals surface area contributed by atoms with Crippen molar-refractivity contribution >= 4 is 24.0 Å². The zero-order chi connectivity index (χ0) is 13.4. The number of carbonyl (C=O) groups excluding carboxylic acids is 3. The van der Waals surface area contributed by atoms with E-state index in [-0.39, 0.29) is 6.54 Å². The molecule has 0 aliphatic rings. The van der Waals surface area contributed by atoms with E-state index in [0.29, 0.717) is 12.2 Å². The van der Waals surface area contributed by atoms with E-state index in [4.69, 9.17) is 0 Å². The van der Waals surface area contributed by atoms with Gasteiger partial charge in [0.05, 0.1) is 12.2 Å². The predicted octanol–water partition coefficient (Wildman–Crippen LogP) is 1.04. The molecule has 0 saturated carbocycles. The van der Waals surface area contributed by atoms with Crippen LogP contribution in [0.1, 0.15) is 6.92 Å². The molecular weight excluding hydrogens is 234 g/mol. The Hall–Kier alpha value is -2.37. The molecular formula is C12H14N3O3. The summed E-state index contributed by atoms with van der Waals surface area (Å²) in [6.45, 7) is 1.88. The molecule has 0 aliphatic carbocycles. The van der Waals surface area contributed by atoms with Gasteiger partial charge in [0.25, 0.3) is 0 Å². The number of benzene rings is 1. The summed E-state index contributed by atoms with van der Waals surface area (Å²) in [5.74, 6) is 0. The van der Waals surface area contributed by atoms with Gasteiger partial charge in [0.1, 0.15) is 0 Å². The summed E-state index contributed by atoms with van der Waals surface area (Å²) in [4.78, 5) is 34.6. The highest BCUT2D eigenvalue weighted by Crippen LogP contribution is 2.13. The molecule has 4 amide bonds. The first kappa shape index (κ1) is 13.7. The van der Waals surface area contributed by atoms with Gasteiger partial charge in [-0.25, -0.2) is 14.5 Å². The van der Waals surface area contributed by atoms with E-state index >= 15 is 0 Å². The van der Waals surface area contributed by atoms with Crippen molar-refractivity contribution in [1.82, 2.24) is 10.6 Å². The van der Waals surface area contributed by atoms with Gasteiger partial charge in [0.2, 0.25) is 6.29 Å². The average Bonchev–Trinajstić information content (AvgIpc) is 2.38. The maximum absolute atomic E-state index is 11.8. The van der Waals surface area contributed by atoms with Crippen LogP contribution in [0.5, 0.6) is 0 Å². The van der Waals surface area contributed by atoms with Crippen LogP contribution in [-0.4, -0.2) is 31.4 Å². The van der Waals surface area contributed by atoms with Crippen LogP contribution in [0.3, 0.4) is 0 Å². The van der Waals surface area contributed by atoms with Gasteiger partial charge in [-0.15, -0.1) is 0 Å². The Morgan fingerprint density at radius 1 is 1.17 bits per heavy atom. The molecule has 1 aromatic rings. The van der Waals surface area contributed by atoms with E-state index in [2.05, 4.69) is 10.6 Å². The van der Waals surface area contributed by atoms with Gasteiger partial charge in [0.15, 0.2) is 0 Å². The molecule has 0 spiro atoms. The van der Waals surface area contributed by atoms with E-state index < -0.39 is 12.1 Å². The largest absolute Gasteiger partial charge is 0.338 e. The smallest absolute Gasteiger partial charge is 0.330 e. The van der Waals surface area contributed by atoms with Crippen LogP contribution in [-0.2, 0) is 4.79 Å². The van der Waals surface area contributed by atoms with Crippen molar-refractivity contribution in [1.29, 1.82) is 0 Å². The molecule has 1 radical (unpaired) electrons. The van der Waals surface area contributed by atoms with E-state index in [1.165, 1.54) is 6.29 Å². The third-order valence-corrected chi connectivity index (χ3v) is 2.06. The fourth-order valence-corrected chi connectivity index (χ4v) is 1.32. The Morgan fingerprint density at radius 2 is 1.78 bits per heavy atom. The molecule has 0 unspecified atom stereocenters. The Bertz CT molecular complexity index is 420. The standard InChI is InChI=1S/C12H14N3O3/c1-2-13-11(17)15(12(18)14-8-9-16)10-6-4-3-5-7-10/h3-7H,2,8H2,1H3,(H,13,17)(H,14,18). The van der Waals surface area contributed by atoms with Gasteiger partial charge in [-0.05, 0) is 19.1 Å². The zero-order valence-electron chi connectivity index (χ0n) is 9.97. The number of nitrogens with zero attached hydrogens (tertiary/aromatic N) is 1. The third-order valence-electron chi connectivity index (χ3n) is 2.06. The van der Waals surface area contributed by atoms with Crippen molar-refractivity contribution in [2.75, 3.05) is 18.0 Å². The molecule has 0 aromatic heterocycles. The quantitative estimate of drug-likeness (QED) is 0.835. The minimum atomic E-state index is -0.671. The Kier molecular flexibility index (Phi) is 5.37. The summed E-state index contributed by atoms with van der Waals surface area (Å²) >= 11 is 0. The van der Waals surface area contributed by atoms with Crippen molar-refractivity contribution in [3.05, 3.63) is 30.3 Å². The lowest BCUT2D eigenvalue weighted by Crippen LogP contribution is -2.49. The summed E-state index contributed by atoms with van der Waals surface area (Å²) < 4.78 is 0. The SMILES string of the molecule is CCNC(=O)N(C(=O)NC[C]=O)c1ccccc1. The van der Waals surface area contributed by atoms with Gasteiger partial charge in [-0.1, -0.05) is 18.2 Å². The molecule has 18 heavy (non-hydrogen) atoms. The number of amides is 4. The number of rotatable bonds is 4. The third kappa shape index (κ3) is 3.58. The number of nitrogens with one attached hydrogen (secondary N) is 2. The minimum Gasteiger partial charge on any atom is -0.338 e. The number of hydrogen-bond donors (Lipinski definition) is 2. The van der Waals surface area contributed by atoms with Crippen LogP contribution in [0.2, 0.25) is 0 Å². The highest BCUT2D eigenvalue weighted by atomic mass is 16.2. The van der Waals surface area contributed by atoms with Crippen molar-refractivity contribution in [3.8, 4) is 0 Å². The fourth-order valence-electron chi connectivity index (χ4n) is 1.32. The number of carbonyl (C=O) groups is 2. The van der Waals surface area contributed by atoms with Crippen LogP contribution in [0.4, 0.5) is 15.3 Å². The molecule has 0 fully saturated rings. The summed E-state index contributed by atoms with van der Waals surface area (Å²) in [5.41, 5.74) is 0.423. The number of urea groups is 2. The van der Waals surface area contributed by atoms with Crippen LogP contribution in [0, 0.1) is 0 Å². The second-order valence-electron chi connectivity index (χ2n) is 3.31. The highest BCUT2D eigenvalue weighted by molar-refractivity contribution is 6.13. The maximum atomic E-state index is 11.8. The molecule has 95 valence electrons. The molecule has 0 saturated heterocycles. The summed E-state index contributed by atoms with van der Waals surface area (Å²) in [7, 11) is 0. The number of anilines is 1. The van der Waals surface area contributed by atoms with Gasteiger partial charge in [-0.2, -0.15) is 0 Å². The van der Waals surface area contributed by atoms with Gasteiger partial charge in [-0.3, -0.25) is 4.79 Å². The normalized spacial score (nSPS) is 9.39. The first-order chi connectivity index (χ1) is 8.70. The second kappa shape index (κ2) is 7.05. The zero-order valence-corrected chi connectivity index (χ0v) is 9.97. The molecule has 0 atom stereocenters. The van der Waals surface area contributed by atoms with Crippen LogP contribution >= 0.6 is 0 Å². The molecule has 0 aliphatic heterocycles. The molecule has 2 N–H and O–H groups in total. The molecule has 6 nitrogen and oxygen atoms in total. The molecule has 0 heterocycles. The number of para-hydroxylation sites is 1. The van der Waals surface area contributed by atoms with Gasteiger partial charge < -0.3 is 10.6 Å². The van der Waals surface area contributed by atoms with Crippen LogP contribution in [0.25, 0.3) is 0 Å². The molecule has 0 bridgehead atoms. The average molecular weight is 248 g/mol. The van der Waals surface area contributed by atoms with Crippen molar-refractivity contribution in [3.63, 3.8) is 0 Å². The fraction of sp³-hybridized carbons (Fsp3) is 0.250. The Labute approximate surface area is 105 Å². The van der Waals surface area contributed by atoms with E-state index in [1.807, 2.05) is 0 Å². The van der Waals surface area contributed by atoms with E-state index in [0.717, 1.165) is 4.90 Å². The lowest BCUT2D eigenvalue weighted by atomic mass is 10.3. The lowest BCUT2D eigenvalue weighted by Gasteiger charge is -2.20. The Morgan fingerprint density at radius 3 is 2.33 bits per heavy atom. The highest BCUT2D eigenvalue weighted by Gasteiger charge is 2.22. The summed E-state index contributed by atoms with van der Waals surface area (Å²) in [5, 5.41) is 4.80. The van der Waals surface area contributed by atoms with Crippen molar-refractivity contribution < 1.29 is 14.4 Å². The van der Waals surface area contributed by atoms with E-state index in [1.54, 1.807) is 37.3 Å². The summed E-state index contributed by atoms with van der Waals surface area (Å²) in [6.07, 6.45) is 1.54. The number of imide groups is 1.